The molecule has 0 amide bonds. The van der Waals surface area contributed by atoms with E-state index in [9.17, 15) is 0 Å². The minimum absolute atomic E-state index is 0.215. The Bertz CT molecular complexity index is 557. The summed E-state index contributed by atoms with van der Waals surface area (Å²) >= 11 is 5.97. The number of hydrogen-bond donors (Lipinski definition) is 1. The Morgan fingerprint density at radius 1 is 1.47 bits per heavy atom. The molecule has 0 saturated heterocycles. The van der Waals surface area contributed by atoms with Crippen molar-refractivity contribution < 1.29 is 9.26 Å². The molecule has 5 nitrogen and oxygen atoms in total. The molecule has 2 rings (SSSR count). The van der Waals surface area contributed by atoms with Gasteiger partial charge in [0.2, 0.25) is 0 Å². The van der Waals surface area contributed by atoms with Crippen molar-refractivity contribution in [1.82, 2.24) is 10.1 Å². The maximum absolute atomic E-state index is 5.97. The number of rotatable bonds is 5. The molecule has 1 aromatic carbocycles. The summed E-state index contributed by atoms with van der Waals surface area (Å²) < 4.78 is 10.5. The van der Waals surface area contributed by atoms with E-state index in [1.165, 1.54) is 0 Å². The van der Waals surface area contributed by atoms with Gasteiger partial charge in [0.25, 0.3) is 5.89 Å². The van der Waals surface area contributed by atoms with Gasteiger partial charge >= 0.3 is 0 Å². The van der Waals surface area contributed by atoms with Crippen molar-refractivity contribution in [3.8, 4) is 17.2 Å². The maximum atomic E-state index is 5.97. The van der Waals surface area contributed by atoms with Crippen molar-refractivity contribution in [2.75, 3.05) is 7.11 Å². The fourth-order valence-corrected chi connectivity index (χ4v) is 1.95. The van der Waals surface area contributed by atoms with E-state index in [1.807, 2.05) is 0 Å². The zero-order valence-corrected chi connectivity index (χ0v) is 11.6. The van der Waals surface area contributed by atoms with E-state index >= 15 is 0 Å². The van der Waals surface area contributed by atoms with Gasteiger partial charge in [-0.2, -0.15) is 4.98 Å². The van der Waals surface area contributed by atoms with Crippen LogP contribution in [0.3, 0.4) is 0 Å². The lowest BCUT2D eigenvalue weighted by molar-refractivity contribution is 0.399. The molecular weight excluding hydrogens is 266 g/mol. The molecule has 1 atom stereocenters. The van der Waals surface area contributed by atoms with E-state index in [0.29, 0.717) is 28.1 Å². The molecule has 0 radical (unpaired) electrons. The van der Waals surface area contributed by atoms with Crippen LogP contribution in [0.15, 0.2) is 22.7 Å². The molecule has 102 valence electrons. The highest BCUT2D eigenvalue weighted by atomic mass is 35.5. The van der Waals surface area contributed by atoms with Crippen molar-refractivity contribution in [1.29, 1.82) is 0 Å². The highest BCUT2D eigenvalue weighted by Crippen LogP contribution is 2.31. The van der Waals surface area contributed by atoms with Gasteiger partial charge in [0.1, 0.15) is 5.75 Å². The first-order valence-electron chi connectivity index (χ1n) is 6.08. The average molecular weight is 282 g/mol. The summed E-state index contributed by atoms with van der Waals surface area (Å²) in [7, 11) is 1.58. The smallest absolute Gasteiger partial charge is 0.261 e. The average Bonchev–Trinajstić information content (AvgIpc) is 2.88. The van der Waals surface area contributed by atoms with E-state index in [1.54, 1.807) is 25.3 Å². The van der Waals surface area contributed by atoms with E-state index < -0.39 is 0 Å². The fraction of sp³-hybridized carbons (Fsp3) is 0.385. The second-order valence-corrected chi connectivity index (χ2v) is 4.63. The van der Waals surface area contributed by atoms with Crippen LogP contribution in [-0.2, 0) is 0 Å². The lowest BCUT2D eigenvalue weighted by Crippen LogP contribution is -2.11. The third-order valence-corrected chi connectivity index (χ3v) is 3.00. The predicted octanol–water partition coefficient (Wildman–Crippen LogP) is 3.20. The Kier molecular flexibility index (Phi) is 4.39. The summed E-state index contributed by atoms with van der Waals surface area (Å²) in [5.41, 5.74) is 6.62. The normalized spacial score (nSPS) is 12.4. The number of nitrogens with zero attached hydrogens (tertiary/aromatic N) is 2. The fourth-order valence-electron chi connectivity index (χ4n) is 1.78. The van der Waals surface area contributed by atoms with Crippen molar-refractivity contribution in [2.24, 2.45) is 5.73 Å². The van der Waals surface area contributed by atoms with Gasteiger partial charge in [-0.3, -0.25) is 0 Å². The zero-order valence-electron chi connectivity index (χ0n) is 10.9. The van der Waals surface area contributed by atoms with Crippen LogP contribution < -0.4 is 10.5 Å². The molecule has 0 fully saturated rings. The highest BCUT2D eigenvalue weighted by Gasteiger charge is 2.17. The molecule has 1 aromatic heterocycles. The Labute approximate surface area is 116 Å². The lowest BCUT2D eigenvalue weighted by Gasteiger charge is -2.05. The minimum Gasteiger partial charge on any atom is -0.496 e. The number of aromatic nitrogens is 2. The summed E-state index contributed by atoms with van der Waals surface area (Å²) in [6.45, 7) is 2.06. The standard InChI is InChI=1S/C13H16ClN3O2/c1-3-4-10(15)12-16-13(19-17-12)9-7-8(14)5-6-11(9)18-2/h5-7,10H,3-4,15H2,1-2H3. The van der Waals surface area contributed by atoms with Crippen molar-refractivity contribution >= 4 is 11.6 Å². The molecule has 0 bridgehead atoms. The van der Waals surface area contributed by atoms with Gasteiger partial charge in [0, 0.05) is 5.02 Å². The monoisotopic (exact) mass is 281 g/mol. The quantitative estimate of drug-likeness (QED) is 0.911. The molecule has 0 aliphatic carbocycles. The number of hydrogen-bond acceptors (Lipinski definition) is 5. The van der Waals surface area contributed by atoms with Crippen LogP contribution in [0.5, 0.6) is 5.75 Å². The van der Waals surface area contributed by atoms with Gasteiger partial charge in [-0.25, -0.2) is 0 Å². The summed E-state index contributed by atoms with van der Waals surface area (Å²) in [6.07, 6.45) is 1.77. The maximum Gasteiger partial charge on any atom is 0.261 e. The third-order valence-electron chi connectivity index (χ3n) is 2.76. The SMILES string of the molecule is CCCC(N)c1noc(-c2cc(Cl)ccc2OC)n1. The van der Waals surface area contributed by atoms with Gasteiger partial charge in [0.15, 0.2) is 5.82 Å². The second-order valence-electron chi connectivity index (χ2n) is 4.20. The molecule has 19 heavy (non-hydrogen) atoms. The topological polar surface area (TPSA) is 74.2 Å². The van der Waals surface area contributed by atoms with E-state index in [-0.39, 0.29) is 6.04 Å². The van der Waals surface area contributed by atoms with Crippen LogP contribution in [0, 0.1) is 0 Å². The van der Waals surface area contributed by atoms with E-state index in [4.69, 9.17) is 26.6 Å². The second kappa shape index (κ2) is 6.04. The summed E-state index contributed by atoms with van der Waals surface area (Å²) in [5, 5.41) is 4.48. The number of ether oxygens (including phenoxy) is 1. The first kappa shape index (κ1) is 13.8. The number of halogens is 1. The Balaban J connectivity index is 2.34. The van der Waals surface area contributed by atoms with Gasteiger partial charge in [-0.1, -0.05) is 30.1 Å². The molecule has 0 saturated carbocycles. The Morgan fingerprint density at radius 3 is 2.95 bits per heavy atom. The summed E-state index contributed by atoms with van der Waals surface area (Å²) in [5.74, 6) is 1.49. The molecule has 0 aliphatic heterocycles. The van der Waals surface area contributed by atoms with Crippen molar-refractivity contribution in [2.45, 2.75) is 25.8 Å². The first-order chi connectivity index (χ1) is 9.15. The van der Waals surface area contributed by atoms with Crippen LogP contribution in [0.25, 0.3) is 11.5 Å². The van der Waals surface area contributed by atoms with Crippen LogP contribution in [0.4, 0.5) is 0 Å². The molecule has 2 aromatic rings. The molecule has 0 aliphatic rings. The minimum atomic E-state index is -0.215. The zero-order chi connectivity index (χ0) is 13.8. The lowest BCUT2D eigenvalue weighted by atomic mass is 10.1. The third kappa shape index (κ3) is 3.05. The highest BCUT2D eigenvalue weighted by molar-refractivity contribution is 6.30. The van der Waals surface area contributed by atoms with E-state index in [0.717, 1.165) is 12.8 Å². The number of benzene rings is 1. The van der Waals surface area contributed by atoms with Crippen LogP contribution in [0.2, 0.25) is 5.02 Å². The van der Waals surface area contributed by atoms with Crippen molar-refractivity contribution in [3.63, 3.8) is 0 Å². The number of methoxy groups -OCH3 is 1. The van der Waals surface area contributed by atoms with Gasteiger partial charge in [0.05, 0.1) is 18.7 Å². The summed E-state index contributed by atoms with van der Waals surface area (Å²) in [4.78, 5) is 4.31. The predicted molar refractivity (Wildman–Crippen MR) is 73.1 cm³/mol. The van der Waals surface area contributed by atoms with Gasteiger partial charge in [-0.05, 0) is 24.6 Å². The Hall–Kier alpha value is -1.59. The number of nitrogens with two attached hydrogens (primary N) is 1. The van der Waals surface area contributed by atoms with Crippen LogP contribution >= 0.6 is 11.6 Å². The van der Waals surface area contributed by atoms with Gasteiger partial charge in [-0.15, -0.1) is 0 Å². The first-order valence-corrected chi connectivity index (χ1v) is 6.46. The van der Waals surface area contributed by atoms with Crippen LogP contribution in [-0.4, -0.2) is 17.3 Å². The largest absolute Gasteiger partial charge is 0.496 e. The molecular formula is C13H16ClN3O2. The van der Waals surface area contributed by atoms with Gasteiger partial charge < -0.3 is 15.0 Å². The molecule has 0 spiro atoms. The molecule has 6 heteroatoms. The van der Waals surface area contributed by atoms with Crippen molar-refractivity contribution in [3.05, 3.63) is 29.0 Å². The van der Waals surface area contributed by atoms with Crippen LogP contribution in [0.1, 0.15) is 31.6 Å². The molecule has 1 unspecified atom stereocenters. The molecule has 1 heterocycles. The summed E-state index contributed by atoms with van der Waals surface area (Å²) in [6, 6.07) is 5.01. The Morgan fingerprint density at radius 2 is 2.26 bits per heavy atom. The molecule has 2 N–H and O–H groups in total. The van der Waals surface area contributed by atoms with E-state index in [2.05, 4.69) is 17.1 Å².